The van der Waals surface area contributed by atoms with E-state index in [1.165, 1.54) is 6.42 Å². The van der Waals surface area contributed by atoms with Gasteiger partial charge in [0, 0.05) is 16.3 Å². The number of anilines is 3. The van der Waals surface area contributed by atoms with E-state index in [4.69, 9.17) is 17.3 Å². The van der Waals surface area contributed by atoms with E-state index in [-0.39, 0.29) is 11.8 Å². The summed E-state index contributed by atoms with van der Waals surface area (Å²) in [6, 6.07) is 10.2. The van der Waals surface area contributed by atoms with Gasteiger partial charge in [-0.05, 0) is 65.9 Å². The van der Waals surface area contributed by atoms with Crippen LogP contribution in [0.4, 0.5) is 17.1 Å². The predicted octanol–water partition coefficient (Wildman–Crippen LogP) is 4.88. The van der Waals surface area contributed by atoms with Gasteiger partial charge in [0.2, 0.25) is 0 Å². The number of aromatic nitrogens is 4. The lowest BCUT2D eigenvalue weighted by Gasteiger charge is -2.26. The van der Waals surface area contributed by atoms with Gasteiger partial charge in [-0.1, -0.05) is 37.4 Å². The summed E-state index contributed by atoms with van der Waals surface area (Å²) in [5.41, 5.74) is 8.84. The van der Waals surface area contributed by atoms with Crippen LogP contribution in [-0.2, 0) is 0 Å². The summed E-state index contributed by atoms with van der Waals surface area (Å²) in [4.78, 5) is 0. The zero-order valence-electron chi connectivity index (χ0n) is 17.1. The monoisotopic (exact) mass is 439 g/mol. The topological polar surface area (TPSA) is 114 Å². The van der Waals surface area contributed by atoms with Gasteiger partial charge in [0.05, 0.1) is 17.4 Å². The van der Waals surface area contributed by atoms with E-state index in [2.05, 4.69) is 32.7 Å². The van der Waals surface area contributed by atoms with Crippen LogP contribution >= 0.6 is 11.6 Å². The van der Waals surface area contributed by atoms with Crippen LogP contribution in [0.2, 0.25) is 5.02 Å². The lowest BCUT2D eigenvalue weighted by molar-refractivity contribution is 0.315. The number of nitrogens with two attached hydrogens (primary N) is 1. The first-order chi connectivity index (χ1) is 15.1. The van der Waals surface area contributed by atoms with Gasteiger partial charge in [-0.3, -0.25) is 0 Å². The largest absolute Gasteiger partial charge is 0.508 e. The van der Waals surface area contributed by atoms with Crippen LogP contribution in [0.3, 0.4) is 0 Å². The van der Waals surface area contributed by atoms with Crippen LogP contribution in [-0.4, -0.2) is 25.3 Å². The van der Waals surface area contributed by atoms with Crippen molar-refractivity contribution in [3.63, 3.8) is 0 Å². The molecular formula is C22H26ClN7O. The van der Waals surface area contributed by atoms with Gasteiger partial charge in [-0.15, -0.1) is 5.10 Å². The second-order valence-corrected chi connectivity index (χ2v) is 8.14. The minimum Gasteiger partial charge on any atom is -0.508 e. The van der Waals surface area contributed by atoms with Crippen LogP contribution in [0, 0.1) is 0 Å². The van der Waals surface area contributed by atoms with E-state index in [0.29, 0.717) is 22.1 Å². The Morgan fingerprint density at radius 3 is 2.74 bits per heavy atom. The standard InChI is InChI=1S/C22H26ClN7O/c1-2-25-19-10-9-15(13-18(19)24)26-21(17-12-14(23)8-11-20(17)31)22-27-28-29-30(22)16-6-4-3-5-7-16/h2,8-13,16,21,25-26,31H,1,3-7,24H2. The molecule has 2 aromatic carbocycles. The molecule has 1 aliphatic rings. The van der Waals surface area contributed by atoms with Crippen molar-refractivity contribution in [2.24, 2.45) is 0 Å². The highest BCUT2D eigenvalue weighted by molar-refractivity contribution is 6.30. The van der Waals surface area contributed by atoms with Crippen LogP contribution in [0.25, 0.3) is 0 Å². The summed E-state index contributed by atoms with van der Waals surface area (Å²) in [7, 11) is 0. The maximum atomic E-state index is 10.6. The van der Waals surface area contributed by atoms with Crippen molar-refractivity contribution in [1.82, 2.24) is 20.2 Å². The lowest BCUT2D eigenvalue weighted by Crippen LogP contribution is -2.23. The van der Waals surface area contributed by atoms with Gasteiger partial charge in [0.15, 0.2) is 5.82 Å². The number of hydrogen-bond donors (Lipinski definition) is 4. The molecular weight excluding hydrogens is 414 g/mol. The summed E-state index contributed by atoms with van der Waals surface area (Å²) in [6.07, 6.45) is 7.17. The van der Waals surface area contributed by atoms with Crippen LogP contribution in [0.1, 0.15) is 55.6 Å². The van der Waals surface area contributed by atoms with E-state index in [1.807, 2.05) is 22.9 Å². The molecule has 1 aliphatic carbocycles. The minimum absolute atomic E-state index is 0.109. The molecule has 1 heterocycles. The number of tetrazole rings is 1. The van der Waals surface area contributed by atoms with Gasteiger partial charge < -0.3 is 21.5 Å². The highest BCUT2D eigenvalue weighted by atomic mass is 35.5. The Balaban J connectivity index is 1.75. The second kappa shape index (κ2) is 9.26. The van der Waals surface area contributed by atoms with Gasteiger partial charge >= 0.3 is 0 Å². The van der Waals surface area contributed by atoms with Crippen molar-refractivity contribution in [3.05, 3.63) is 65.6 Å². The molecule has 0 amide bonds. The van der Waals surface area contributed by atoms with Crippen molar-refractivity contribution in [1.29, 1.82) is 0 Å². The first-order valence-electron chi connectivity index (χ1n) is 10.4. The number of phenols is 1. The molecule has 31 heavy (non-hydrogen) atoms. The lowest BCUT2D eigenvalue weighted by atomic mass is 9.95. The molecule has 4 rings (SSSR count). The highest BCUT2D eigenvalue weighted by Crippen LogP contribution is 2.37. The van der Waals surface area contributed by atoms with Crippen LogP contribution < -0.4 is 16.4 Å². The summed E-state index contributed by atoms with van der Waals surface area (Å²) < 4.78 is 1.88. The summed E-state index contributed by atoms with van der Waals surface area (Å²) in [5.74, 6) is 0.731. The third-order valence-electron chi connectivity index (χ3n) is 5.62. The molecule has 1 saturated carbocycles. The number of aromatic hydroxyl groups is 1. The van der Waals surface area contributed by atoms with Crippen LogP contribution in [0.15, 0.2) is 49.2 Å². The zero-order chi connectivity index (χ0) is 21.8. The average Bonchev–Trinajstić information content (AvgIpc) is 3.26. The average molecular weight is 440 g/mol. The number of benzene rings is 2. The van der Waals surface area contributed by atoms with Crippen molar-refractivity contribution < 1.29 is 5.11 Å². The van der Waals surface area contributed by atoms with E-state index in [9.17, 15) is 5.11 Å². The smallest absolute Gasteiger partial charge is 0.178 e. The number of nitrogens with zero attached hydrogens (tertiary/aromatic N) is 4. The molecule has 0 spiro atoms. The van der Waals surface area contributed by atoms with Gasteiger partial charge in [0.25, 0.3) is 0 Å². The molecule has 1 atom stereocenters. The number of nitrogen functional groups attached to an aromatic ring is 1. The van der Waals surface area contributed by atoms with Gasteiger partial charge in [-0.25, -0.2) is 4.68 Å². The number of nitrogens with one attached hydrogen (secondary N) is 2. The summed E-state index contributed by atoms with van der Waals surface area (Å²) >= 11 is 6.26. The van der Waals surface area contributed by atoms with E-state index >= 15 is 0 Å². The van der Waals surface area contributed by atoms with E-state index < -0.39 is 6.04 Å². The summed E-state index contributed by atoms with van der Waals surface area (Å²) in [6.45, 7) is 3.67. The molecule has 1 unspecified atom stereocenters. The molecule has 3 aromatic rings. The Hall–Kier alpha value is -3.26. The molecule has 1 fully saturated rings. The Morgan fingerprint density at radius 1 is 1.19 bits per heavy atom. The highest BCUT2D eigenvalue weighted by Gasteiger charge is 2.28. The first kappa shape index (κ1) is 21.0. The van der Waals surface area contributed by atoms with E-state index in [1.54, 1.807) is 24.4 Å². The Labute approximate surface area is 186 Å². The molecule has 0 aliphatic heterocycles. The third-order valence-corrected chi connectivity index (χ3v) is 5.85. The second-order valence-electron chi connectivity index (χ2n) is 7.70. The molecule has 8 nitrogen and oxygen atoms in total. The Kier molecular flexibility index (Phi) is 6.27. The first-order valence-corrected chi connectivity index (χ1v) is 10.7. The molecule has 0 saturated heterocycles. The molecule has 0 radical (unpaired) electrons. The SMILES string of the molecule is C=CNc1ccc(NC(c2cc(Cl)ccc2O)c2nnnn2C2CCCCC2)cc1N. The zero-order valence-corrected chi connectivity index (χ0v) is 17.9. The number of halogens is 1. The van der Waals surface area contributed by atoms with E-state index in [0.717, 1.165) is 37.1 Å². The molecule has 5 N–H and O–H groups in total. The molecule has 0 bridgehead atoms. The maximum Gasteiger partial charge on any atom is 0.178 e. The number of phenolic OH excluding ortho intramolecular Hbond substituents is 1. The fourth-order valence-electron chi connectivity index (χ4n) is 4.07. The van der Waals surface area contributed by atoms with Gasteiger partial charge in [-0.2, -0.15) is 0 Å². The Bertz CT molecular complexity index is 1060. The van der Waals surface area contributed by atoms with Crippen molar-refractivity contribution >= 4 is 28.7 Å². The fourth-order valence-corrected chi connectivity index (χ4v) is 4.26. The quantitative estimate of drug-likeness (QED) is 0.388. The molecule has 162 valence electrons. The maximum absolute atomic E-state index is 10.6. The fraction of sp³-hybridized carbons (Fsp3) is 0.318. The van der Waals surface area contributed by atoms with Crippen molar-refractivity contribution in [2.45, 2.75) is 44.2 Å². The molecule has 1 aromatic heterocycles. The number of rotatable bonds is 7. The van der Waals surface area contributed by atoms with Crippen molar-refractivity contribution in [2.75, 3.05) is 16.4 Å². The third kappa shape index (κ3) is 4.59. The van der Waals surface area contributed by atoms with Crippen LogP contribution in [0.5, 0.6) is 5.75 Å². The minimum atomic E-state index is -0.520. The van der Waals surface area contributed by atoms with Crippen molar-refractivity contribution in [3.8, 4) is 5.75 Å². The predicted molar refractivity (Wildman–Crippen MR) is 123 cm³/mol. The normalized spacial score (nSPS) is 15.4. The number of hydrogen-bond acceptors (Lipinski definition) is 7. The molecule has 9 heteroatoms. The van der Waals surface area contributed by atoms with Gasteiger partial charge in [0.1, 0.15) is 11.8 Å². The summed E-state index contributed by atoms with van der Waals surface area (Å²) in [5, 5.41) is 30.2. The Morgan fingerprint density at radius 2 is 2.00 bits per heavy atom.